The SMILES string of the molecule is CC(C)(C)CCC[C@@H]1COC[C@H]1O. The zero-order chi connectivity index (χ0) is 9.90. The van der Waals surface area contributed by atoms with Crippen LogP contribution < -0.4 is 0 Å². The van der Waals surface area contributed by atoms with Crippen LogP contribution in [0.1, 0.15) is 40.0 Å². The molecule has 0 amide bonds. The number of aliphatic hydroxyl groups excluding tert-OH is 1. The van der Waals surface area contributed by atoms with Gasteiger partial charge in [0, 0.05) is 5.92 Å². The van der Waals surface area contributed by atoms with Crippen molar-refractivity contribution in [3.8, 4) is 0 Å². The Morgan fingerprint density at radius 1 is 1.31 bits per heavy atom. The maximum Gasteiger partial charge on any atom is 0.0823 e. The van der Waals surface area contributed by atoms with Gasteiger partial charge in [0.05, 0.1) is 19.3 Å². The first-order valence-electron chi connectivity index (χ1n) is 5.25. The number of aliphatic hydroxyl groups is 1. The number of hydrogen-bond donors (Lipinski definition) is 1. The molecule has 78 valence electrons. The van der Waals surface area contributed by atoms with Gasteiger partial charge in [-0.3, -0.25) is 0 Å². The van der Waals surface area contributed by atoms with Gasteiger partial charge in [-0.25, -0.2) is 0 Å². The van der Waals surface area contributed by atoms with Gasteiger partial charge in [-0.1, -0.05) is 27.2 Å². The van der Waals surface area contributed by atoms with Crippen molar-refractivity contribution in [1.29, 1.82) is 0 Å². The van der Waals surface area contributed by atoms with Crippen LogP contribution in [-0.4, -0.2) is 24.4 Å². The molecule has 0 aromatic rings. The Bertz CT molecular complexity index is 149. The molecule has 0 aliphatic carbocycles. The molecule has 1 N–H and O–H groups in total. The standard InChI is InChI=1S/C11H22O2/c1-11(2,3)6-4-5-9-7-13-8-10(9)12/h9-10,12H,4-8H2,1-3H3/t9-,10-/m1/s1. The Kier molecular flexibility index (Phi) is 3.74. The zero-order valence-corrected chi connectivity index (χ0v) is 9.05. The van der Waals surface area contributed by atoms with Crippen molar-refractivity contribution in [2.45, 2.75) is 46.1 Å². The van der Waals surface area contributed by atoms with Crippen molar-refractivity contribution in [3.63, 3.8) is 0 Å². The average Bonchev–Trinajstić information content (AvgIpc) is 2.34. The van der Waals surface area contributed by atoms with Crippen LogP contribution in [0.4, 0.5) is 0 Å². The van der Waals surface area contributed by atoms with E-state index in [2.05, 4.69) is 20.8 Å². The van der Waals surface area contributed by atoms with Crippen molar-refractivity contribution < 1.29 is 9.84 Å². The summed E-state index contributed by atoms with van der Waals surface area (Å²) in [5.41, 5.74) is 0.421. The van der Waals surface area contributed by atoms with Gasteiger partial charge in [0.25, 0.3) is 0 Å². The summed E-state index contributed by atoms with van der Waals surface area (Å²) in [6.45, 7) is 8.07. The first-order valence-corrected chi connectivity index (χ1v) is 5.25. The van der Waals surface area contributed by atoms with Gasteiger partial charge in [0.2, 0.25) is 0 Å². The number of ether oxygens (including phenoxy) is 1. The minimum Gasteiger partial charge on any atom is -0.390 e. The molecule has 1 heterocycles. The molecule has 0 aromatic heterocycles. The molecule has 1 aliphatic rings. The van der Waals surface area contributed by atoms with Crippen LogP contribution in [-0.2, 0) is 4.74 Å². The lowest BCUT2D eigenvalue weighted by Crippen LogP contribution is -2.18. The van der Waals surface area contributed by atoms with Crippen molar-refractivity contribution >= 4 is 0 Å². The van der Waals surface area contributed by atoms with Crippen LogP contribution in [0, 0.1) is 11.3 Å². The van der Waals surface area contributed by atoms with E-state index in [-0.39, 0.29) is 6.10 Å². The second kappa shape index (κ2) is 4.43. The Balaban J connectivity index is 2.12. The highest BCUT2D eigenvalue weighted by Crippen LogP contribution is 2.26. The van der Waals surface area contributed by atoms with Gasteiger partial charge in [-0.15, -0.1) is 0 Å². The molecule has 2 nitrogen and oxygen atoms in total. The van der Waals surface area contributed by atoms with E-state index in [0.29, 0.717) is 17.9 Å². The Morgan fingerprint density at radius 3 is 2.46 bits per heavy atom. The summed E-state index contributed by atoms with van der Waals surface area (Å²) in [7, 11) is 0. The Hall–Kier alpha value is -0.0800. The van der Waals surface area contributed by atoms with E-state index in [4.69, 9.17) is 4.74 Å². The molecular formula is C11H22O2. The Morgan fingerprint density at radius 2 is 2.00 bits per heavy atom. The monoisotopic (exact) mass is 186 g/mol. The Labute approximate surface area is 81.3 Å². The summed E-state index contributed by atoms with van der Waals surface area (Å²) in [4.78, 5) is 0. The molecule has 1 saturated heterocycles. The predicted octanol–water partition coefficient (Wildman–Crippen LogP) is 2.21. The molecule has 0 saturated carbocycles. The van der Waals surface area contributed by atoms with Gasteiger partial charge in [-0.2, -0.15) is 0 Å². The lowest BCUT2D eigenvalue weighted by atomic mass is 9.87. The maximum absolute atomic E-state index is 9.49. The molecule has 0 unspecified atom stereocenters. The van der Waals surface area contributed by atoms with E-state index < -0.39 is 0 Å². The number of rotatable bonds is 3. The van der Waals surface area contributed by atoms with Crippen LogP contribution in [0.3, 0.4) is 0 Å². The normalized spacial score (nSPS) is 29.5. The highest BCUT2D eigenvalue weighted by Gasteiger charge is 2.25. The van der Waals surface area contributed by atoms with E-state index in [0.717, 1.165) is 13.0 Å². The summed E-state index contributed by atoms with van der Waals surface area (Å²) in [6, 6.07) is 0. The minimum absolute atomic E-state index is 0.208. The molecule has 0 aromatic carbocycles. The van der Waals surface area contributed by atoms with Gasteiger partial charge in [-0.05, 0) is 18.3 Å². The molecule has 1 aliphatic heterocycles. The smallest absolute Gasteiger partial charge is 0.0823 e. The molecule has 0 bridgehead atoms. The van der Waals surface area contributed by atoms with Gasteiger partial charge in [0.1, 0.15) is 0 Å². The first-order chi connectivity index (χ1) is 5.99. The van der Waals surface area contributed by atoms with Crippen molar-refractivity contribution in [1.82, 2.24) is 0 Å². The summed E-state index contributed by atoms with van der Waals surface area (Å²) in [5, 5.41) is 9.49. The van der Waals surface area contributed by atoms with Crippen LogP contribution in [0.25, 0.3) is 0 Å². The van der Waals surface area contributed by atoms with Crippen molar-refractivity contribution in [2.24, 2.45) is 11.3 Å². The fraction of sp³-hybridized carbons (Fsp3) is 1.00. The molecule has 2 heteroatoms. The highest BCUT2D eigenvalue weighted by molar-refractivity contribution is 4.74. The molecular weight excluding hydrogens is 164 g/mol. The lowest BCUT2D eigenvalue weighted by Gasteiger charge is -2.19. The molecule has 1 fully saturated rings. The maximum atomic E-state index is 9.49. The van der Waals surface area contributed by atoms with E-state index in [1.54, 1.807) is 0 Å². The van der Waals surface area contributed by atoms with E-state index >= 15 is 0 Å². The van der Waals surface area contributed by atoms with Crippen molar-refractivity contribution in [3.05, 3.63) is 0 Å². The molecule has 0 radical (unpaired) electrons. The van der Waals surface area contributed by atoms with Crippen LogP contribution >= 0.6 is 0 Å². The summed E-state index contributed by atoms with van der Waals surface area (Å²) < 4.78 is 5.20. The summed E-state index contributed by atoms with van der Waals surface area (Å²) in [6.07, 6.45) is 3.34. The molecule has 13 heavy (non-hydrogen) atoms. The van der Waals surface area contributed by atoms with Crippen LogP contribution in [0.5, 0.6) is 0 Å². The minimum atomic E-state index is -0.208. The summed E-state index contributed by atoms with van der Waals surface area (Å²) >= 11 is 0. The molecule has 1 rings (SSSR count). The number of hydrogen-bond acceptors (Lipinski definition) is 2. The first kappa shape index (κ1) is 11.0. The fourth-order valence-electron chi connectivity index (χ4n) is 1.76. The lowest BCUT2D eigenvalue weighted by molar-refractivity contribution is 0.116. The topological polar surface area (TPSA) is 29.5 Å². The zero-order valence-electron chi connectivity index (χ0n) is 9.05. The van der Waals surface area contributed by atoms with E-state index in [1.165, 1.54) is 12.8 Å². The van der Waals surface area contributed by atoms with Gasteiger partial charge in [0.15, 0.2) is 0 Å². The third kappa shape index (κ3) is 4.10. The summed E-state index contributed by atoms with van der Waals surface area (Å²) in [5.74, 6) is 0.391. The van der Waals surface area contributed by atoms with Crippen LogP contribution in [0.15, 0.2) is 0 Å². The average molecular weight is 186 g/mol. The third-order valence-corrected chi connectivity index (χ3v) is 2.67. The van der Waals surface area contributed by atoms with Crippen molar-refractivity contribution in [2.75, 3.05) is 13.2 Å². The second-order valence-electron chi connectivity index (χ2n) is 5.32. The molecule has 2 atom stereocenters. The fourth-order valence-corrected chi connectivity index (χ4v) is 1.76. The van der Waals surface area contributed by atoms with Crippen LogP contribution in [0.2, 0.25) is 0 Å². The predicted molar refractivity (Wildman–Crippen MR) is 53.6 cm³/mol. The molecule has 0 spiro atoms. The third-order valence-electron chi connectivity index (χ3n) is 2.67. The van der Waals surface area contributed by atoms with Gasteiger partial charge >= 0.3 is 0 Å². The quantitative estimate of drug-likeness (QED) is 0.732. The van der Waals surface area contributed by atoms with Gasteiger partial charge < -0.3 is 9.84 Å². The highest BCUT2D eigenvalue weighted by atomic mass is 16.5. The van der Waals surface area contributed by atoms with E-state index in [1.807, 2.05) is 0 Å². The largest absolute Gasteiger partial charge is 0.390 e. The second-order valence-corrected chi connectivity index (χ2v) is 5.32. The van der Waals surface area contributed by atoms with E-state index in [9.17, 15) is 5.11 Å².